The Labute approximate surface area is 134 Å². The first-order valence-corrected chi connectivity index (χ1v) is 8.22. The van der Waals surface area contributed by atoms with Crippen molar-refractivity contribution in [3.8, 4) is 11.5 Å². The van der Waals surface area contributed by atoms with E-state index in [4.69, 9.17) is 21.1 Å². The molecule has 114 valence electrons. The Kier molecular flexibility index (Phi) is 6.36. The van der Waals surface area contributed by atoms with Gasteiger partial charge in [-0.3, -0.25) is 0 Å². The van der Waals surface area contributed by atoms with Gasteiger partial charge in [0.25, 0.3) is 0 Å². The summed E-state index contributed by atoms with van der Waals surface area (Å²) in [5.41, 5.74) is 1.02. The fourth-order valence-electron chi connectivity index (χ4n) is 2.01. The second kappa shape index (κ2) is 8.27. The summed E-state index contributed by atoms with van der Waals surface area (Å²) in [5, 5.41) is 6.15. The van der Waals surface area contributed by atoms with Crippen LogP contribution in [0.5, 0.6) is 11.5 Å². The third-order valence-electron chi connectivity index (χ3n) is 2.96. The van der Waals surface area contributed by atoms with Crippen LogP contribution in [-0.4, -0.2) is 13.7 Å². The molecule has 0 atom stereocenters. The zero-order valence-corrected chi connectivity index (χ0v) is 13.9. The van der Waals surface area contributed by atoms with Gasteiger partial charge in [-0.2, -0.15) is 0 Å². The summed E-state index contributed by atoms with van der Waals surface area (Å²) in [5.74, 6) is 1.46. The smallest absolute Gasteiger partial charge is 0.165 e. The monoisotopic (exact) mass is 325 g/mol. The lowest BCUT2D eigenvalue weighted by molar-refractivity contribution is 0.290. The minimum atomic E-state index is 0.656. The molecule has 5 heteroatoms. The van der Waals surface area contributed by atoms with Crippen molar-refractivity contribution >= 4 is 22.9 Å². The lowest BCUT2D eigenvalue weighted by Gasteiger charge is -2.16. The molecule has 2 rings (SSSR count). The second-order valence-electron chi connectivity index (χ2n) is 4.63. The van der Waals surface area contributed by atoms with Gasteiger partial charge < -0.3 is 14.8 Å². The third kappa shape index (κ3) is 4.63. The van der Waals surface area contributed by atoms with Crippen molar-refractivity contribution < 1.29 is 9.47 Å². The van der Waals surface area contributed by atoms with Crippen LogP contribution in [0.2, 0.25) is 5.02 Å². The largest absolute Gasteiger partial charge is 0.493 e. The van der Waals surface area contributed by atoms with E-state index in [1.807, 2.05) is 6.07 Å². The van der Waals surface area contributed by atoms with E-state index < -0.39 is 0 Å². The maximum atomic E-state index is 6.15. The van der Waals surface area contributed by atoms with Gasteiger partial charge in [0.2, 0.25) is 0 Å². The van der Waals surface area contributed by atoms with Crippen molar-refractivity contribution in [2.75, 3.05) is 13.7 Å². The van der Waals surface area contributed by atoms with Crippen LogP contribution in [-0.2, 0) is 13.1 Å². The number of ether oxygens (including phenoxy) is 2. The van der Waals surface area contributed by atoms with Gasteiger partial charge in [0.1, 0.15) is 0 Å². The van der Waals surface area contributed by atoms with E-state index in [1.165, 1.54) is 4.88 Å². The lowest BCUT2D eigenvalue weighted by Crippen LogP contribution is -2.13. The van der Waals surface area contributed by atoms with E-state index in [2.05, 4.69) is 29.8 Å². The molecule has 0 saturated heterocycles. The van der Waals surface area contributed by atoms with Gasteiger partial charge in [0.05, 0.1) is 13.7 Å². The van der Waals surface area contributed by atoms with E-state index in [0.29, 0.717) is 23.9 Å². The van der Waals surface area contributed by atoms with Gasteiger partial charge in [-0.15, -0.1) is 11.3 Å². The van der Waals surface area contributed by atoms with Gasteiger partial charge in [-0.25, -0.2) is 0 Å². The first-order valence-electron chi connectivity index (χ1n) is 6.97. The Bertz CT molecular complexity index is 558. The van der Waals surface area contributed by atoms with Crippen molar-refractivity contribution in [3.05, 3.63) is 45.1 Å². The van der Waals surface area contributed by atoms with Crippen LogP contribution < -0.4 is 14.8 Å². The zero-order chi connectivity index (χ0) is 15.1. The first-order chi connectivity index (χ1) is 10.2. The fourth-order valence-corrected chi connectivity index (χ4v) is 2.91. The number of methoxy groups -OCH3 is 1. The molecule has 0 amide bonds. The highest BCUT2D eigenvalue weighted by Gasteiger charge is 2.12. The summed E-state index contributed by atoms with van der Waals surface area (Å²) in [4.78, 5) is 1.31. The van der Waals surface area contributed by atoms with Crippen molar-refractivity contribution in [2.24, 2.45) is 0 Å². The number of nitrogens with one attached hydrogen (secondary N) is 1. The van der Waals surface area contributed by atoms with E-state index in [0.717, 1.165) is 24.3 Å². The van der Waals surface area contributed by atoms with E-state index in [-0.39, 0.29) is 0 Å². The summed E-state index contributed by atoms with van der Waals surface area (Å²) in [6.45, 7) is 4.26. The molecule has 0 bridgehead atoms. The molecule has 1 aromatic heterocycles. The maximum absolute atomic E-state index is 6.15. The molecular weight excluding hydrogens is 306 g/mol. The maximum Gasteiger partial charge on any atom is 0.165 e. The van der Waals surface area contributed by atoms with Crippen LogP contribution in [0.1, 0.15) is 23.8 Å². The first kappa shape index (κ1) is 16.1. The molecule has 0 aliphatic carbocycles. The highest BCUT2D eigenvalue weighted by molar-refractivity contribution is 7.09. The molecule has 21 heavy (non-hydrogen) atoms. The molecule has 1 heterocycles. The van der Waals surface area contributed by atoms with Gasteiger partial charge in [-0.1, -0.05) is 24.6 Å². The normalized spacial score (nSPS) is 10.6. The molecule has 0 aliphatic heterocycles. The van der Waals surface area contributed by atoms with Crippen LogP contribution >= 0.6 is 22.9 Å². The quantitative estimate of drug-likeness (QED) is 0.775. The van der Waals surface area contributed by atoms with Gasteiger partial charge in [0, 0.05) is 34.6 Å². The molecular formula is C16H20ClNO2S. The van der Waals surface area contributed by atoms with Crippen molar-refractivity contribution in [2.45, 2.75) is 26.4 Å². The lowest BCUT2D eigenvalue weighted by atomic mass is 10.1. The fraction of sp³-hybridized carbons (Fsp3) is 0.375. The topological polar surface area (TPSA) is 30.5 Å². The third-order valence-corrected chi connectivity index (χ3v) is 4.06. The van der Waals surface area contributed by atoms with E-state index in [1.54, 1.807) is 24.5 Å². The predicted molar refractivity (Wildman–Crippen MR) is 88.7 cm³/mol. The minimum absolute atomic E-state index is 0.656. The van der Waals surface area contributed by atoms with Crippen LogP contribution in [0.4, 0.5) is 0 Å². The Balaban J connectivity index is 2.09. The predicted octanol–water partition coefficient (Wildman–Crippen LogP) is 4.49. The average Bonchev–Trinajstić information content (AvgIpc) is 2.99. The Morgan fingerprint density at radius 2 is 2.14 bits per heavy atom. The number of hydrogen-bond donors (Lipinski definition) is 1. The standard InChI is InChI=1S/C16H20ClNO2S/c1-3-6-20-16-12(8-13(17)9-15(16)19-2)10-18-11-14-5-4-7-21-14/h4-5,7-9,18H,3,6,10-11H2,1-2H3. The molecule has 0 aliphatic rings. The summed E-state index contributed by atoms with van der Waals surface area (Å²) in [7, 11) is 1.63. The highest BCUT2D eigenvalue weighted by Crippen LogP contribution is 2.35. The molecule has 0 fully saturated rings. The van der Waals surface area contributed by atoms with Gasteiger partial charge in [-0.05, 0) is 23.9 Å². The molecule has 1 aromatic carbocycles. The Morgan fingerprint density at radius 3 is 2.81 bits per heavy atom. The number of benzene rings is 1. The van der Waals surface area contributed by atoms with Crippen molar-refractivity contribution in [3.63, 3.8) is 0 Å². The summed E-state index contributed by atoms with van der Waals surface area (Å²) >= 11 is 7.89. The highest BCUT2D eigenvalue weighted by atomic mass is 35.5. The number of hydrogen-bond acceptors (Lipinski definition) is 4. The van der Waals surface area contributed by atoms with E-state index in [9.17, 15) is 0 Å². The molecule has 0 spiro atoms. The SMILES string of the molecule is CCCOc1c(CNCc2cccs2)cc(Cl)cc1OC. The van der Waals surface area contributed by atoms with Crippen LogP contribution in [0.15, 0.2) is 29.6 Å². The molecule has 0 unspecified atom stereocenters. The molecule has 2 aromatic rings. The summed E-state index contributed by atoms with van der Waals surface area (Å²) in [6.07, 6.45) is 0.952. The van der Waals surface area contributed by atoms with Crippen molar-refractivity contribution in [1.82, 2.24) is 5.32 Å². The van der Waals surface area contributed by atoms with Gasteiger partial charge >= 0.3 is 0 Å². The van der Waals surface area contributed by atoms with Crippen LogP contribution in [0.25, 0.3) is 0 Å². The minimum Gasteiger partial charge on any atom is -0.493 e. The molecule has 0 radical (unpaired) electrons. The molecule has 3 nitrogen and oxygen atoms in total. The van der Waals surface area contributed by atoms with Crippen LogP contribution in [0.3, 0.4) is 0 Å². The van der Waals surface area contributed by atoms with Crippen LogP contribution in [0, 0.1) is 0 Å². The zero-order valence-electron chi connectivity index (χ0n) is 12.3. The number of thiophene rings is 1. The molecule has 1 N–H and O–H groups in total. The molecule has 0 saturated carbocycles. The van der Waals surface area contributed by atoms with Crippen molar-refractivity contribution in [1.29, 1.82) is 0 Å². The average molecular weight is 326 g/mol. The number of halogens is 1. The summed E-state index contributed by atoms with van der Waals surface area (Å²) < 4.78 is 11.2. The summed E-state index contributed by atoms with van der Waals surface area (Å²) in [6, 6.07) is 7.89. The second-order valence-corrected chi connectivity index (χ2v) is 6.10. The Hall–Kier alpha value is -1.23. The Morgan fingerprint density at radius 1 is 1.29 bits per heavy atom. The van der Waals surface area contributed by atoms with Gasteiger partial charge in [0.15, 0.2) is 11.5 Å². The van der Waals surface area contributed by atoms with E-state index >= 15 is 0 Å². The number of rotatable bonds is 8.